The van der Waals surface area contributed by atoms with E-state index in [9.17, 15) is 49.1 Å². The molecule has 0 aliphatic carbocycles. The van der Waals surface area contributed by atoms with Gasteiger partial charge in [0.05, 0.1) is 5.56 Å². The van der Waals surface area contributed by atoms with Gasteiger partial charge in [-0.05, 0) is 44.5 Å². The van der Waals surface area contributed by atoms with Gasteiger partial charge in [-0.2, -0.15) is 39.5 Å². The fraction of sp³-hybridized carbons (Fsp3) is 0.680. The third-order valence-electron chi connectivity index (χ3n) is 7.72. The highest BCUT2D eigenvalue weighted by Gasteiger charge is 2.60. The molecule has 2 aliphatic rings. The second-order valence-electron chi connectivity index (χ2n) is 10.5. The second-order valence-corrected chi connectivity index (χ2v) is 10.5. The first-order valence-corrected chi connectivity index (χ1v) is 12.7. The van der Waals surface area contributed by atoms with Crippen LogP contribution in [0.4, 0.5) is 50.0 Å². The molecular formula is C25H31F9N4O3. The Labute approximate surface area is 230 Å². The van der Waals surface area contributed by atoms with E-state index in [1.165, 1.54) is 13.0 Å². The summed E-state index contributed by atoms with van der Waals surface area (Å²) in [7, 11) is 1.70. The second kappa shape index (κ2) is 11.8. The first-order chi connectivity index (χ1) is 18.7. The molecule has 7 nitrogen and oxygen atoms in total. The van der Waals surface area contributed by atoms with Crippen molar-refractivity contribution in [2.24, 2.45) is 0 Å². The molecule has 2 fully saturated rings. The summed E-state index contributed by atoms with van der Waals surface area (Å²) >= 11 is 0. The number of piperidine rings is 1. The molecule has 0 spiro atoms. The normalized spacial score (nSPS) is 18.7. The van der Waals surface area contributed by atoms with E-state index in [-0.39, 0.29) is 38.4 Å². The third-order valence-corrected chi connectivity index (χ3v) is 7.72. The van der Waals surface area contributed by atoms with Crippen LogP contribution in [0.3, 0.4) is 0 Å². The van der Waals surface area contributed by atoms with Gasteiger partial charge in [0, 0.05) is 64.0 Å². The Morgan fingerprint density at radius 2 is 1.44 bits per heavy atom. The molecular weight excluding hydrogens is 575 g/mol. The van der Waals surface area contributed by atoms with Crippen LogP contribution in [0, 0.1) is 0 Å². The molecule has 1 aromatic rings. The van der Waals surface area contributed by atoms with Crippen LogP contribution in [0.5, 0.6) is 0 Å². The number of likely N-dealkylation sites (tertiary alicyclic amines) is 1. The van der Waals surface area contributed by atoms with Crippen molar-refractivity contribution in [1.82, 2.24) is 14.7 Å². The number of nitrogens with zero attached hydrogens (tertiary/aromatic N) is 4. The first kappa shape index (κ1) is 32.6. The summed E-state index contributed by atoms with van der Waals surface area (Å²) in [5.74, 6) is -0.135. The van der Waals surface area contributed by atoms with E-state index in [1.807, 2.05) is 4.90 Å². The van der Waals surface area contributed by atoms with E-state index in [1.54, 1.807) is 23.8 Å². The van der Waals surface area contributed by atoms with Crippen LogP contribution in [0.25, 0.3) is 0 Å². The van der Waals surface area contributed by atoms with Crippen molar-refractivity contribution in [3.05, 3.63) is 29.3 Å². The van der Waals surface area contributed by atoms with Crippen LogP contribution in [-0.4, -0.2) is 97.0 Å². The van der Waals surface area contributed by atoms with E-state index in [4.69, 9.17) is 0 Å². The number of halogens is 9. The summed E-state index contributed by atoms with van der Waals surface area (Å²) in [6.45, 7) is 4.33. The molecule has 41 heavy (non-hydrogen) atoms. The predicted octanol–water partition coefficient (Wildman–Crippen LogP) is 5.29. The zero-order valence-electron chi connectivity index (χ0n) is 22.6. The minimum absolute atomic E-state index is 0.135. The molecule has 2 aliphatic heterocycles. The predicted molar refractivity (Wildman–Crippen MR) is 129 cm³/mol. The molecule has 0 unspecified atom stereocenters. The number of hydrogen-bond acceptors (Lipinski definition) is 5. The van der Waals surface area contributed by atoms with Crippen LogP contribution in [0.15, 0.2) is 18.2 Å². The van der Waals surface area contributed by atoms with Crippen molar-refractivity contribution < 1.29 is 53.8 Å². The summed E-state index contributed by atoms with van der Waals surface area (Å²) in [5.41, 5.74) is -0.595. The van der Waals surface area contributed by atoms with Crippen LogP contribution in [0.2, 0.25) is 0 Å². The SMILES string of the molecule is CC(=O)N1CCN(c2cc(C(F)(F)F)ccc2CN(C)C2(C)CCN(C(=O)OC(C(F)(F)F)C(F)(F)F)CC2)CC1. The minimum Gasteiger partial charge on any atom is -0.426 e. The zero-order valence-corrected chi connectivity index (χ0v) is 22.6. The Morgan fingerprint density at radius 3 is 1.90 bits per heavy atom. The lowest BCUT2D eigenvalue weighted by Gasteiger charge is -2.45. The smallest absolute Gasteiger partial charge is 0.426 e. The number of alkyl halides is 9. The maximum absolute atomic E-state index is 13.5. The van der Waals surface area contributed by atoms with Crippen LogP contribution < -0.4 is 4.90 Å². The average molecular weight is 607 g/mol. The van der Waals surface area contributed by atoms with E-state index in [0.717, 1.165) is 17.0 Å². The lowest BCUT2D eigenvalue weighted by Crippen LogP contribution is -2.54. The highest BCUT2D eigenvalue weighted by molar-refractivity contribution is 5.73. The topological polar surface area (TPSA) is 56.3 Å². The number of carbonyl (C=O) groups is 2. The fourth-order valence-electron chi connectivity index (χ4n) is 4.92. The molecule has 0 aromatic heterocycles. The Bertz CT molecular complexity index is 1080. The van der Waals surface area contributed by atoms with Gasteiger partial charge in [0.1, 0.15) is 0 Å². The average Bonchev–Trinajstić information content (AvgIpc) is 2.85. The fourth-order valence-corrected chi connectivity index (χ4v) is 4.92. The van der Waals surface area contributed by atoms with Gasteiger partial charge in [-0.15, -0.1) is 0 Å². The number of ether oxygens (including phenoxy) is 1. The van der Waals surface area contributed by atoms with Gasteiger partial charge >= 0.3 is 24.6 Å². The zero-order chi connectivity index (χ0) is 31.0. The Balaban J connectivity index is 1.72. The van der Waals surface area contributed by atoms with Gasteiger partial charge in [-0.3, -0.25) is 9.69 Å². The highest BCUT2D eigenvalue weighted by Crippen LogP contribution is 2.38. The number of carbonyl (C=O) groups excluding carboxylic acids is 2. The van der Waals surface area contributed by atoms with E-state index < -0.39 is 41.8 Å². The van der Waals surface area contributed by atoms with Crippen molar-refractivity contribution in [3.63, 3.8) is 0 Å². The van der Waals surface area contributed by atoms with E-state index in [2.05, 4.69) is 4.74 Å². The van der Waals surface area contributed by atoms with Crippen molar-refractivity contribution in [2.75, 3.05) is 51.2 Å². The largest absolute Gasteiger partial charge is 0.434 e. The summed E-state index contributed by atoms with van der Waals surface area (Å²) < 4.78 is 121. The molecule has 3 rings (SSSR count). The molecule has 0 saturated carbocycles. The number of rotatable bonds is 5. The minimum atomic E-state index is -5.82. The molecule has 2 amide bonds. The number of piperazine rings is 1. The highest BCUT2D eigenvalue weighted by atomic mass is 19.4. The van der Waals surface area contributed by atoms with Gasteiger partial charge in [0.15, 0.2) is 0 Å². The molecule has 232 valence electrons. The van der Waals surface area contributed by atoms with Gasteiger partial charge < -0.3 is 19.4 Å². The van der Waals surface area contributed by atoms with Crippen molar-refractivity contribution in [2.45, 2.75) is 63.4 Å². The molecule has 16 heteroatoms. The molecule has 0 atom stereocenters. The molecule has 0 radical (unpaired) electrons. The standard InChI is InChI=1S/C25H31F9N4O3/c1-16(39)36-10-12-37(13-11-36)19-14-18(23(26,27)28)5-4-17(19)15-35(3)22(2)6-8-38(9-7-22)21(40)41-20(24(29,30)31)25(32,33)34/h4-5,14,20H,6-13,15H2,1-3H3. The molecule has 0 N–H and O–H groups in total. The number of amides is 2. The van der Waals surface area contributed by atoms with Crippen LogP contribution in [0.1, 0.15) is 37.8 Å². The molecule has 2 saturated heterocycles. The quantitative estimate of drug-likeness (QED) is 0.427. The summed E-state index contributed by atoms with van der Waals surface area (Å²) in [4.78, 5) is 29.8. The maximum Gasteiger partial charge on any atom is 0.434 e. The van der Waals surface area contributed by atoms with E-state index >= 15 is 0 Å². The summed E-state index contributed by atoms with van der Waals surface area (Å²) in [6, 6.07) is 3.40. The Morgan fingerprint density at radius 1 is 0.902 bits per heavy atom. The van der Waals surface area contributed by atoms with E-state index in [0.29, 0.717) is 37.4 Å². The number of anilines is 1. The van der Waals surface area contributed by atoms with Crippen molar-refractivity contribution in [1.29, 1.82) is 0 Å². The third kappa shape index (κ3) is 7.89. The molecule has 1 aromatic carbocycles. The first-order valence-electron chi connectivity index (χ1n) is 12.7. The molecule has 2 heterocycles. The molecule has 0 bridgehead atoms. The van der Waals surface area contributed by atoms with Gasteiger partial charge in [0.25, 0.3) is 6.10 Å². The summed E-state index contributed by atoms with van der Waals surface area (Å²) in [6.07, 6.45) is -21.9. The van der Waals surface area contributed by atoms with Crippen molar-refractivity contribution in [3.8, 4) is 0 Å². The Hall–Kier alpha value is -2.91. The lowest BCUT2D eigenvalue weighted by atomic mass is 9.87. The van der Waals surface area contributed by atoms with Gasteiger partial charge in [-0.25, -0.2) is 4.79 Å². The monoisotopic (exact) mass is 606 g/mol. The van der Waals surface area contributed by atoms with Gasteiger partial charge in [-0.1, -0.05) is 6.07 Å². The Kier molecular flexibility index (Phi) is 9.35. The van der Waals surface area contributed by atoms with Crippen LogP contribution >= 0.6 is 0 Å². The summed E-state index contributed by atoms with van der Waals surface area (Å²) in [5, 5.41) is 0. The maximum atomic E-state index is 13.5. The lowest BCUT2D eigenvalue weighted by molar-refractivity contribution is -0.308. The number of hydrogen-bond donors (Lipinski definition) is 0. The van der Waals surface area contributed by atoms with Crippen molar-refractivity contribution >= 4 is 17.7 Å². The number of benzene rings is 1. The van der Waals surface area contributed by atoms with Crippen LogP contribution in [-0.2, 0) is 22.3 Å². The van der Waals surface area contributed by atoms with Gasteiger partial charge in [0.2, 0.25) is 5.91 Å².